The number of hydrogen-bond acceptors (Lipinski definition) is 7. The largest absolute Gasteiger partial charge is 0.379 e. The summed E-state index contributed by atoms with van der Waals surface area (Å²) in [4.78, 5) is 14.9. The van der Waals surface area contributed by atoms with Crippen LogP contribution in [0.25, 0.3) is 11.2 Å². The molecular formula is C11H16ClN7O. The van der Waals surface area contributed by atoms with Crippen molar-refractivity contribution < 1.29 is 4.74 Å². The molecule has 0 unspecified atom stereocenters. The third kappa shape index (κ3) is 2.68. The summed E-state index contributed by atoms with van der Waals surface area (Å²) in [6.45, 7) is 5.20. The van der Waals surface area contributed by atoms with Crippen LogP contribution in [0.2, 0.25) is 5.28 Å². The van der Waals surface area contributed by atoms with Gasteiger partial charge in [-0.05, 0) is 11.6 Å². The van der Waals surface area contributed by atoms with E-state index in [0.29, 0.717) is 17.0 Å². The Balaban J connectivity index is 1.79. The van der Waals surface area contributed by atoms with Gasteiger partial charge >= 0.3 is 0 Å². The van der Waals surface area contributed by atoms with Gasteiger partial charge in [-0.1, -0.05) is 0 Å². The number of nitrogens with one attached hydrogen (secondary N) is 1. The number of anilines is 1. The van der Waals surface area contributed by atoms with Crippen LogP contribution in [-0.4, -0.2) is 57.3 Å². The van der Waals surface area contributed by atoms with Crippen LogP contribution in [0, 0.1) is 0 Å². The molecule has 3 N–H and O–H groups in total. The fraction of sp³-hybridized carbons (Fsp3) is 0.545. The van der Waals surface area contributed by atoms with Crippen LogP contribution in [-0.2, 0) is 11.3 Å². The van der Waals surface area contributed by atoms with E-state index in [9.17, 15) is 0 Å². The molecule has 0 bridgehead atoms. The topological polar surface area (TPSA) is 94.1 Å². The molecule has 108 valence electrons. The molecule has 1 aliphatic heterocycles. The van der Waals surface area contributed by atoms with Crippen LogP contribution in [0.3, 0.4) is 0 Å². The number of ether oxygens (including phenoxy) is 1. The summed E-state index contributed by atoms with van der Waals surface area (Å²) < 4.78 is 7.29. The van der Waals surface area contributed by atoms with Crippen molar-refractivity contribution in [3.05, 3.63) is 11.6 Å². The Morgan fingerprint density at radius 3 is 2.85 bits per heavy atom. The number of rotatable bonds is 4. The van der Waals surface area contributed by atoms with Gasteiger partial charge in [0, 0.05) is 26.2 Å². The van der Waals surface area contributed by atoms with Gasteiger partial charge in [0.1, 0.15) is 0 Å². The number of imidazole rings is 1. The molecule has 1 fully saturated rings. The SMILES string of the molecule is NNc1nc(Cl)nc2c1ncn2CCN1CCOCC1. The zero-order valence-electron chi connectivity index (χ0n) is 10.9. The molecule has 2 aromatic rings. The molecule has 2 aromatic heterocycles. The summed E-state index contributed by atoms with van der Waals surface area (Å²) in [5, 5.41) is 0.151. The molecule has 1 saturated heterocycles. The molecule has 0 saturated carbocycles. The molecule has 0 amide bonds. The van der Waals surface area contributed by atoms with E-state index in [0.717, 1.165) is 39.4 Å². The molecule has 1 aliphatic rings. The number of halogens is 1. The molecule has 0 aromatic carbocycles. The van der Waals surface area contributed by atoms with Crippen LogP contribution < -0.4 is 11.3 Å². The van der Waals surface area contributed by atoms with Crippen LogP contribution >= 0.6 is 11.6 Å². The van der Waals surface area contributed by atoms with E-state index < -0.39 is 0 Å². The van der Waals surface area contributed by atoms with Gasteiger partial charge in [0.15, 0.2) is 17.0 Å². The van der Waals surface area contributed by atoms with Crippen molar-refractivity contribution in [1.82, 2.24) is 24.4 Å². The van der Waals surface area contributed by atoms with Gasteiger partial charge in [0.2, 0.25) is 5.28 Å². The van der Waals surface area contributed by atoms with Crippen LogP contribution in [0.1, 0.15) is 0 Å². The second kappa shape index (κ2) is 5.88. The summed E-state index contributed by atoms with van der Waals surface area (Å²) in [6, 6.07) is 0. The summed E-state index contributed by atoms with van der Waals surface area (Å²) in [5.41, 5.74) is 3.80. The van der Waals surface area contributed by atoms with Crippen molar-refractivity contribution >= 4 is 28.6 Å². The van der Waals surface area contributed by atoms with Crippen LogP contribution in [0.5, 0.6) is 0 Å². The molecule has 0 atom stereocenters. The Labute approximate surface area is 120 Å². The maximum Gasteiger partial charge on any atom is 0.226 e. The molecular weight excluding hydrogens is 282 g/mol. The molecule has 0 radical (unpaired) electrons. The Morgan fingerprint density at radius 2 is 2.10 bits per heavy atom. The number of nitrogens with two attached hydrogens (primary N) is 1. The molecule has 8 nitrogen and oxygen atoms in total. The quantitative estimate of drug-likeness (QED) is 0.469. The Kier molecular flexibility index (Phi) is 3.97. The van der Waals surface area contributed by atoms with E-state index in [1.165, 1.54) is 0 Å². The molecule has 3 rings (SSSR count). The molecule has 0 aliphatic carbocycles. The Hall–Kier alpha value is -1.48. The van der Waals surface area contributed by atoms with E-state index in [1.54, 1.807) is 6.33 Å². The highest BCUT2D eigenvalue weighted by Crippen LogP contribution is 2.19. The lowest BCUT2D eigenvalue weighted by Crippen LogP contribution is -2.38. The van der Waals surface area contributed by atoms with Crippen molar-refractivity contribution in [1.29, 1.82) is 0 Å². The maximum absolute atomic E-state index is 5.89. The molecule has 9 heteroatoms. The van der Waals surface area contributed by atoms with Crippen molar-refractivity contribution in [3.63, 3.8) is 0 Å². The van der Waals surface area contributed by atoms with E-state index in [4.69, 9.17) is 22.2 Å². The van der Waals surface area contributed by atoms with Crippen molar-refractivity contribution in [2.75, 3.05) is 38.3 Å². The van der Waals surface area contributed by atoms with Gasteiger partial charge < -0.3 is 14.7 Å². The number of nitrogens with zero attached hydrogens (tertiary/aromatic N) is 5. The van der Waals surface area contributed by atoms with Gasteiger partial charge in [-0.15, -0.1) is 0 Å². The Morgan fingerprint density at radius 1 is 1.30 bits per heavy atom. The summed E-state index contributed by atoms with van der Waals surface area (Å²) in [6.07, 6.45) is 1.73. The number of fused-ring (bicyclic) bond motifs is 1. The lowest BCUT2D eigenvalue weighted by molar-refractivity contribution is 0.0365. The van der Waals surface area contributed by atoms with Gasteiger partial charge in [-0.2, -0.15) is 9.97 Å². The molecule has 20 heavy (non-hydrogen) atoms. The van der Waals surface area contributed by atoms with Crippen molar-refractivity contribution in [3.8, 4) is 0 Å². The van der Waals surface area contributed by atoms with E-state index >= 15 is 0 Å². The lowest BCUT2D eigenvalue weighted by Gasteiger charge is -2.26. The summed E-state index contributed by atoms with van der Waals surface area (Å²) in [5.74, 6) is 5.85. The number of hydrogen-bond donors (Lipinski definition) is 2. The predicted molar refractivity (Wildman–Crippen MR) is 75.4 cm³/mol. The third-order valence-electron chi connectivity index (χ3n) is 3.33. The van der Waals surface area contributed by atoms with Gasteiger partial charge in [-0.25, -0.2) is 10.8 Å². The summed E-state index contributed by atoms with van der Waals surface area (Å²) in [7, 11) is 0. The lowest BCUT2D eigenvalue weighted by atomic mass is 10.4. The van der Waals surface area contributed by atoms with Crippen molar-refractivity contribution in [2.24, 2.45) is 5.84 Å². The highest BCUT2D eigenvalue weighted by Gasteiger charge is 2.14. The first-order chi connectivity index (χ1) is 9.78. The second-order valence-corrected chi connectivity index (χ2v) is 4.89. The Bertz CT molecular complexity index is 596. The van der Waals surface area contributed by atoms with E-state index in [2.05, 4.69) is 25.3 Å². The highest BCUT2D eigenvalue weighted by molar-refractivity contribution is 6.28. The van der Waals surface area contributed by atoms with Crippen molar-refractivity contribution in [2.45, 2.75) is 6.54 Å². The van der Waals surface area contributed by atoms with E-state index in [-0.39, 0.29) is 5.28 Å². The molecule has 3 heterocycles. The van der Waals surface area contributed by atoms with Crippen LogP contribution in [0.4, 0.5) is 5.82 Å². The third-order valence-corrected chi connectivity index (χ3v) is 3.50. The zero-order valence-corrected chi connectivity index (χ0v) is 11.7. The number of hydrazine groups is 1. The van der Waals surface area contributed by atoms with E-state index in [1.807, 2.05) is 4.57 Å². The fourth-order valence-electron chi connectivity index (χ4n) is 2.26. The second-order valence-electron chi connectivity index (χ2n) is 4.55. The summed E-state index contributed by atoms with van der Waals surface area (Å²) >= 11 is 5.89. The number of morpholine rings is 1. The van der Waals surface area contributed by atoms with Gasteiger partial charge in [0.05, 0.1) is 19.5 Å². The standard InChI is InChI=1S/C11H16ClN7O/c12-11-15-9(17-13)8-10(16-11)19(7-14-8)2-1-18-3-5-20-6-4-18/h7H,1-6,13H2,(H,15,16,17). The monoisotopic (exact) mass is 297 g/mol. The predicted octanol–water partition coefficient (Wildman–Crippen LogP) is 0.0975. The van der Waals surface area contributed by atoms with Crippen LogP contribution in [0.15, 0.2) is 6.33 Å². The maximum atomic E-state index is 5.89. The zero-order chi connectivity index (χ0) is 13.9. The minimum absolute atomic E-state index is 0.151. The van der Waals surface area contributed by atoms with Gasteiger partial charge in [0.25, 0.3) is 0 Å². The first-order valence-electron chi connectivity index (χ1n) is 6.43. The molecule has 0 spiro atoms. The average Bonchev–Trinajstić information content (AvgIpc) is 2.88. The first-order valence-corrected chi connectivity index (χ1v) is 6.81. The average molecular weight is 298 g/mol. The normalized spacial score (nSPS) is 16.7. The first kappa shape index (κ1) is 13.5. The smallest absolute Gasteiger partial charge is 0.226 e. The number of aromatic nitrogens is 4. The minimum atomic E-state index is 0.151. The highest BCUT2D eigenvalue weighted by atomic mass is 35.5. The van der Waals surface area contributed by atoms with Gasteiger partial charge in [-0.3, -0.25) is 4.90 Å². The number of nitrogen functional groups attached to an aromatic ring is 1. The minimum Gasteiger partial charge on any atom is -0.379 e. The fourth-order valence-corrected chi connectivity index (χ4v) is 2.42.